The van der Waals surface area contributed by atoms with Crippen LogP contribution in [0.2, 0.25) is 0 Å². The number of nitriles is 1. The third-order valence-corrected chi connectivity index (χ3v) is 12.0. The van der Waals surface area contributed by atoms with Gasteiger partial charge >= 0.3 is 6.18 Å². The molecule has 8 rings (SSSR count). The number of nitrogens with zero attached hydrogens (tertiary/aromatic N) is 8. The molecule has 4 fully saturated rings. The fraction of sp³-hybridized carbons (Fsp3) is 0.513. The van der Waals surface area contributed by atoms with E-state index in [0.29, 0.717) is 74.0 Å². The van der Waals surface area contributed by atoms with Crippen molar-refractivity contribution in [3.05, 3.63) is 48.2 Å². The van der Waals surface area contributed by atoms with E-state index in [1.54, 1.807) is 6.20 Å². The Morgan fingerprint density at radius 2 is 1.89 bits per heavy atom. The Hall–Kier alpha value is -4.94. The molecule has 12 nitrogen and oxygen atoms in total. The van der Waals surface area contributed by atoms with Gasteiger partial charge in [-0.2, -0.15) is 28.5 Å². The van der Waals surface area contributed by atoms with E-state index in [0.717, 1.165) is 53.3 Å². The molecule has 0 bridgehead atoms. The van der Waals surface area contributed by atoms with Crippen molar-refractivity contribution in [2.75, 3.05) is 75.9 Å². The molecule has 1 saturated carbocycles. The van der Waals surface area contributed by atoms with E-state index < -0.39 is 18.3 Å². The maximum absolute atomic E-state index is 14.1. The minimum atomic E-state index is -4.61. The Labute approximate surface area is 311 Å². The van der Waals surface area contributed by atoms with Gasteiger partial charge in [0.15, 0.2) is 12.4 Å². The number of alkyl halides is 3. The number of H-pyrrole nitrogens is 1. The Balaban J connectivity index is 1.30. The maximum Gasteiger partial charge on any atom is 0.422 e. The summed E-state index contributed by atoms with van der Waals surface area (Å²) in [5.41, 5.74) is 3.65. The second kappa shape index (κ2) is 13.4. The van der Waals surface area contributed by atoms with Gasteiger partial charge in [-0.3, -0.25) is 14.8 Å². The number of benzene rings is 2. The number of piperidine rings is 1. The molecular weight excluding hydrogens is 699 g/mol. The number of ether oxygens (including phenoxy) is 1. The van der Waals surface area contributed by atoms with Gasteiger partial charge in [0.1, 0.15) is 11.3 Å². The lowest BCUT2D eigenvalue weighted by molar-refractivity contribution is -0.153. The summed E-state index contributed by atoms with van der Waals surface area (Å²) >= 11 is 0. The van der Waals surface area contributed by atoms with Gasteiger partial charge in [0, 0.05) is 67.6 Å². The van der Waals surface area contributed by atoms with Gasteiger partial charge in [-0.1, -0.05) is 12.6 Å². The predicted octanol–water partition coefficient (Wildman–Crippen LogP) is 5.31. The highest BCUT2D eigenvalue weighted by Crippen LogP contribution is 2.53. The number of carbonyl (C=O) groups excluding carboxylic acids is 1. The number of aromatic nitrogens is 4. The van der Waals surface area contributed by atoms with E-state index in [1.807, 2.05) is 40.8 Å². The second-order valence-corrected chi connectivity index (χ2v) is 15.6. The van der Waals surface area contributed by atoms with Crippen LogP contribution in [0.25, 0.3) is 32.9 Å². The first kappa shape index (κ1) is 36.1. The highest BCUT2D eigenvalue weighted by atomic mass is 19.4. The van der Waals surface area contributed by atoms with Crippen LogP contribution in [0.3, 0.4) is 0 Å². The predicted molar refractivity (Wildman–Crippen MR) is 198 cm³/mol. The molecular formula is C39H44F3N9O3. The minimum Gasteiger partial charge on any atom is -0.481 e. The van der Waals surface area contributed by atoms with Crippen molar-refractivity contribution in [3.8, 4) is 22.9 Å². The Kier molecular flexibility index (Phi) is 8.96. The van der Waals surface area contributed by atoms with Crippen LogP contribution >= 0.6 is 0 Å². The van der Waals surface area contributed by atoms with Gasteiger partial charge in [-0.15, -0.1) is 0 Å². The third-order valence-electron chi connectivity index (χ3n) is 12.0. The number of aliphatic hydroxyl groups excluding tert-OH is 1. The molecule has 15 heteroatoms. The van der Waals surface area contributed by atoms with Gasteiger partial charge < -0.3 is 24.5 Å². The number of hydrogen-bond acceptors (Lipinski definition) is 10. The van der Waals surface area contributed by atoms with Gasteiger partial charge in [0.2, 0.25) is 11.9 Å². The van der Waals surface area contributed by atoms with Crippen LogP contribution in [0.5, 0.6) is 5.75 Å². The summed E-state index contributed by atoms with van der Waals surface area (Å²) in [4.78, 5) is 30.4. The molecule has 1 aliphatic carbocycles. The van der Waals surface area contributed by atoms with Crippen molar-refractivity contribution in [2.45, 2.75) is 56.7 Å². The molecule has 1 spiro atoms. The number of aryl methyl sites for hydroxylation is 1. The fourth-order valence-corrected chi connectivity index (χ4v) is 8.72. The summed E-state index contributed by atoms with van der Waals surface area (Å²) in [7, 11) is 1.87. The first-order valence-corrected chi connectivity index (χ1v) is 18.5. The summed E-state index contributed by atoms with van der Waals surface area (Å²) < 4.78 is 48.3. The first-order chi connectivity index (χ1) is 25.9. The smallest absolute Gasteiger partial charge is 0.422 e. The van der Waals surface area contributed by atoms with Crippen molar-refractivity contribution in [2.24, 2.45) is 5.41 Å². The van der Waals surface area contributed by atoms with E-state index in [2.05, 4.69) is 33.8 Å². The zero-order valence-electron chi connectivity index (χ0n) is 30.5. The van der Waals surface area contributed by atoms with Crippen LogP contribution in [0.1, 0.15) is 49.1 Å². The van der Waals surface area contributed by atoms with Crippen LogP contribution in [-0.2, 0) is 4.79 Å². The van der Waals surface area contributed by atoms with Crippen LogP contribution in [0, 0.1) is 23.7 Å². The van der Waals surface area contributed by atoms with Crippen LogP contribution in [-0.4, -0.2) is 119 Å². The standard InChI is InChI=1S/C39H44F3N9O3/c1-4-30(53)50-19-37(20-50)10-13-49(14-11-37)35-27-17-26(25-6-7-25)32(31-24(2)5-8-29-28(31)18-44-47-29)34(54-23-39(40,41)42)33(27)45-36(46-35)51-21-38(22-51,9-12-43)48(3)15-16-52/h4-5,8,17-18,25,52H,1,6-7,9-11,13-16,19-23H2,2-3H3,(H,44,47). The number of likely N-dealkylation sites (tertiary alicyclic amines) is 1. The molecule has 2 aromatic heterocycles. The van der Waals surface area contributed by atoms with Gasteiger partial charge in [0.05, 0.1) is 36.3 Å². The number of halogens is 3. The van der Waals surface area contributed by atoms with E-state index in [-0.39, 0.29) is 36.0 Å². The van der Waals surface area contributed by atoms with Crippen LogP contribution in [0.15, 0.2) is 37.1 Å². The zero-order valence-corrected chi connectivity index (χ0v) is 30.5. The summed E-state index contributed by atoms with van der Waals surface area (Å²) in [6.07, 6.45) is 2.10. The van der Waals surface area contributed by atoms with Gasteiger partial charge in [0.25, 0.3) is 0 Å². The molecule has 4 aliphatic rings. The molecule has 54 heavy (non-hydrogen) atoms. The number of likely N-dealkylation sites (N-methyl/N-ethyl adjacent to an activating group) is 1. The molecule has 4 aromatic rings. The summed E-state index contributed by atoms with van der Waals surface area (Å²) in [5, 5.41) is 28.1. The van der Waals surface area contributed by atoms with Crippen molar-refractivity contribution in [3.63, 3.8) is 0 Å². The number of fused-ring (bicyclic) bond motifs is 2. The van der Waals surface area contributed by atoms with E-state index in [4.69, 9.17) is 14.7 Å². The number of hydrogen-bond donors (Lipinski definition) is 2. The lowest BCUT2D eigenvalue weighted by Gasteiger charge is -2.54. The number of nitrogens with one attached hydrogen (secondary N) is 1. The van der Waals surface area contributed by atoms with Crippen molar-refractivity contribution >= 4 is 39.5 Å². The maximum atomic E-state index is 14.1. The van der Waals surface area contributed by atoms with Crippen molar-refractivity contribution in [1.82, 2.24) is 30.0 Å². The van der Waals surface area contributed by atoms with Gasteiger partial charge in [-0.25, -0.2) is 4.98 Å². The average molecular weight is 744 g/mol. The number of anilines is 2. The Morgan fingerprint density at radius 1 is 1.15 bits per heavy atom. The van der Waals surface area contributed by atoms with Crippen molar-refractivity contribution < 1.29 is 27.8 Å². The van der Waals surface area contributed by atoms with E-state index in [9.17, 15) is 28.3 Å². The topological polar surface area (TPSA) is 138 Å². The number of aliphatic hydroxyl groups is 1. The third kappa shape index (κ3) is 6.28. The number of amides is 1. The number of β-amino-alcohol motifs (C(OH)–C–C–N with tert-alkyl or cyclic N) is 1. The summed E-state index contributed by atoms with van der Waals surface area (Å²) in [6, 6.07) is 8.21. The van der Waals surface area contributed by atoms with Gasteiger partial charge in [-0.05, 0) is 80.5 Å². The lowest BCUT2D eigenvalue weighted by atomic mass is 9.72. The molecule has 0 radical (unpaired) electrons. The second-order valence-electron chi connectivity index (χ2n) is 15.6. The fourth-order valence-electron chi connectivity index (χ4n) is 8.72. The van der Waals surface area contributed by atoms with Crippen molar-refractivity contribution in [1.29, 1.82) is 5.26 Å². The highest BCUT2D eigenvalue weighted by Gasteiger charge is 2.49. The molecule has 3 aliphatic heterocycles. The molecule has 284 valence electrons. The van der Waals surface area contributed by atoms with E-state index in [1.165, 1.54) is 6.08 Å². The number of rotatable bonds is 11. The molecule has 2 N–H and O–H groups in total. The molecule has 5 heterocycles. The quantitative estimate of drug-likeness (QED) is 0.195. The SMILES string of the molecule is C=CC(=O)N1CC2(CCN(c3nc(N4CC(CC#N)(N(C)CCO)C4)nc4c(OCC(F)(F)F)c(-c5c(C)ccc6[nH]ncc56)c(C5CC5)cc34)CC2)C1. The minimum absolute atomic E-state index is 0.000615. The largest absolute Gasteiger partial charge is 0.481 e. The van der Waals surface area contributed by atoms with Crippen LogP contribution in [0.4, 0.5) is 24.9 Å². The monoisotopic (exact) mass is 743 g/mol. The summed E-state index contributed by atoms with van der Waals surface area (Å²) in [6.45, 7) is 7.82. The Bertz CT molecular complexity index is 2150. The Morgan fingerprint density at radius 3 is 2.54 bits per heavy atom. The zero-order chi connectivity index (χ0) is 38.0. The molecule has 3 saturated heterocycles. The number of aromatic amines is 1. The molecule has 0 atom stereocenters. The molecule has 0 unspecified atom stereocenters. The normalized spacial score (nSPS) is 19.3. The molecule has 2 aromatic carbocycles. The van der Waals surface area contributed by atoms with Crippen LogP contribution < -0.4 is 14.5 Å². The molecule has 1 amide bonds. The summed E-state index contributed by atoms with van der Waals surface area (Å²) in [5.74, 6) is 1.10. The lowest BCUT2D eigenvalue weighted by Crippen LogP contribution is -2.70. The number of carbonyl (C=O) groups is 1. The average Bonchev–Trinajstić information content (AvgIpc) is 3.86. The van der Waals surface area contributed by atoms with E-state index >= 15 is 0 Å². The first-order valence-electron chi connectivity index (χ1n) is 18.5. The highest BCUT2D eigenvalue weighted by molar-refractivity contribution is 6.06.